The number of primary amides is 1. The minimum Gasteiger partial charge on any atom is -0.478 e. The van der Waals surface area contributed by atoms with Crippen LogP contribution in [0.3, 0.4) is 0 Å². The number of nitrogens with two attached hydrogens (primary N) is 1. The third-order valence-electron chi connectivity index (χ3n) is 2.04. The zero-order chi connectivity index (χ0) is 13.2. The third-order valence-corrected chi connectivity index (χ3v) is 2.25. The number of aliphatic hydroxyl groups is 2. The van der Waals surface area contributed by atoms with Gasteiger partial charge < -0.3 is 21.1 Å². The van der Waals surface area contributed by atoms with Gasteiger partial charge in [-0.1, -0.05) is 11.6 Å². The van der Waals surface area contributed by atoms with Crippen LogP contribution in [-0.2, 0) is 4.79 Å². The second-order valence-corrected chi connectivity index (χ2v) is 3.58. The maximum Gasteiger partial charge on any atom is 0.336 e. The van der Waals surface area contributed by atoms with Crippen LogP contribution in [0.2, 0.25) is 5.15 Å². The van der Waals surface area contributed by atoms with Crippen molar-refractivity contribution in [1.29, 1.82) is 0 Å². The number of halogens is 1. The Morgan fingerprint density at radius 1 is 1.41 bits per heavy atom. The molecule has 5 N–H and O–H groups in total. The normalized spacial score (nSPS) is 14.1. The zero-order valence-corrected chi connectivity index (χ0v) is 9.13. The highest BCUT2D eigenvalue weighted by Gasteiger charge is 2.27. The second kappa shape index (κ2) is 5.09. The first kappa shape index (κ1) is 13.4. The summed E-state index contributed by atoms with van der Waals surface area (Å²) in [6.07, 6.45) is -2.73. The predicted octanol–water partition coefficient (Wildman–Crippen LogP) is -0.687. The van der Waals surface area contributed by atoms with Gasteiger partial charge in [0.2, 0.25) is 5.91 Å². The van der Waals surface area contributed by atoms with E-state index in [-0.39, 0.29) is 16.3 Å². The fourth-order valence-corrected chi connectivity index (χ4v) is 1.34. The summed E-state index contributed by atoms with van der Waals surface area (Å²) in [4.78, 5) is 25.1. The van der Waals surface area contributed by atoms with Crippen LogP contribution in [0.5, 0.6) is 0 Å². The van der Waals surface area contributed by atoms with Gasteiger partial charge in [-0.25, -0.2) is 9.78 Å². The predicted molar refractivity (Wildman–Crippen MR) is 56.4 cm³/mol. The lowest BCUT2D eigenvalue weighted by Crippen LogP contribution is -2.34. The molecule has 0 radical (unpaired) electrons. The van der Waals surface area contributed by atoms with E-state index >= 15 is 0 Å². The quantitative estimate of drug-likeness (QED) is 0.530. The molecule has 0 bridgehead atoms. The molecular weight excluding hydrogens is 252 g/mol. The molecule has 0 aromatic carbocycles. The molecule has 17 heavy (non-hydrogen) atoms. The fraction of sp³-hybridized carbons (Fsp3) is 0.222. The number of carbonyl (C=O) groups is 2. The monoisotopic (exact) mass is 260 g/mol. The maximum absolute atomic E-state index is 10.9. The number of nitrogens with zero attached hydrogens (tertiary/aromatic N) is 1. The number of carboxylic acids is 1. The van der Waals surface area contributed by atoms with Crippen LogP contribution in [-0.4, -0.2) is 38.3 Å². The van der Waals surface area contributed by atoms with Gasteiger partial charge in [-0.2, -0.15) is 0 Å². The molecule has 0 saturated heterocycles. The van der Waals surface area contributed by atoms with E-state index in [2.05, 4.69) is 4.98 Å². The van der Waals surface area contributed by atoms with Gasteiger partial charge in [0.05, 0.1) is 5.56 Å². The summed E-state index contributed by atoms with van der Waals surface area (Å²) in [5.41, 5.74) is 4.18. The van der Waals surface area contributed by atoms with Crippen LogP contribution in [0.4, 0.5) is 0 Å². The smallest absolute Gasteiger partial charge is 0.336 e. The SMILES string of the molecule is NC(=O)C(O)C(O)c1cnc(Cl)cc1C(=O)O. The van der Waals surface area contributed by atoms with E-state index < -0.39 is 24.1 Å². The molecule has 8 heteroatoms. The van der Waals surface area contributed by atoms with Gasteiger partial charge in [0.25, 0.3) is 0 Å². The van der Waals surface area contributed by atoms with Crippen molar-refractivity contribution >= 4 is 23.5 Å². The maximum atomic E-state index is 10.9. The first-order valence-corrected chi connectivity index (χ1v) is 4.76. The van der Waals surface area contributed by atoms with Crippen molar-refractivity contribution in [1.82, 2.24) is 4.98 Å². The average Bonchev–Trinajstić information content (AvgIpc) is 2.26. The van der Waals surface area contributed by atoms with Gasteiger partial charge in [0, 0.05) is 11.8 Å². The molecule has 2 atom stereocenters. The molecule has 1 rings (SSSR count). The Balaban J connectivity index is 3.21. The highest BCUT2D eigenvalue weighted by atomic mass is 35.5. The summed E-state index contributed by atoms with van der Waals surface area (Å²) in [5.74, 6) is -2.55. The van der Waals surface area contributed by atoms with Crippen molar-refractivity contribution in [2.75, 3.05) is 0 Å². The average molecular weight is 261 g/mol. The number of aliphatic hydroxyl groups excluding tert-OH is 2. The number of amides is 1. The van der Waals surface area contributed by atoms with E-state index in [0.29, 0.717) is 0 Å². The first-order chi connectivity index (χ1) is 7.84. The molecular formula is C9H9ClN2O5. The summed E-state index contributed by atoms with van der Waals surface area (Å²) in [7, 11) is 0. The number of hydrogen-bond acceptors (Lipinski definition) is 5. The van der Waals surface area contributed by atoms with Gasteiger partial charge in [0.15, 0.2) is 6.10 Å². The summed E-state index contributed by atoms with van der Waals surface area (Å²) in [5, 5.41) is 27.6. The van der Waals surface area contributed by atoms with Crippen molar-refractivity contribution in [2.45, 2.75) is 12.2 Å². The molecule has 7 nitrogen and oxygen atoms in total. The minimum absolute atomic E-state index is 0.0908. The van der Waals surface area contributed by atoms with Gasteiger partial charge >= 0.3 is 5.97 Å². The zero-order valence-electron chi connectivity index (χ0n) is 8.37. The van der Waals surface area contributed by atoms with Crippen molar-refractivity contribution in [2.24, 2.45) is 5.73 Å². The Hall–Kier alpha value is -1.70. The standard InChI is InChI=1S/C9H9ClN2O5/c10-5-1-3(9(16)17)4(2-12-5)6(13)7(14)8(11)15/h1-2,6-7,13-14H,(H2,11,15)(H,16,17). The first-order valence-electron chi connectivity index (χ1n) is 4.38. The van der Waals surface area contributed by atoms with Gasteiger partial charge in [0.1, 0.15) is 11.3 Å². The Labute approximate surface area is 100 Å². The van der Waals surface area contributed by atoms with Gasteiger partial charge in [-0.15, -0.1) is 0 Å². The van der Waals surface area contributed by atoms with Crippen LogP contribution in [0.25, 0.3) is 0 Å². The molecule has 0 saturated carbocycles. The molecule has 0 fully saturated rings. The Kier molecular flexibility index (Phi) is 4.00. The molecule has 92 valence electrons. The summed E-state index contributed by atoms with van der Waals surface area (Å²) in [6, 6.07) is 0.996. The van der Waals surface area contributed by atoms with Crippen LogP contribution >= 0.6 is 11.6 Å². The van der Waals surface area contributed by atoms with E-state index in [4.69, 9.17) is 22.4 Å². The van der Waals surface area contributed by atoms with Crippen molar-refractivity contribution in [3.8, 4) is 0 Å². The lowest BCUT2D eigenvalue weighted by molar-refractivity contribution is -0.132. The van der Waals surface area contributed by atoms with Crippen LogP contribution in [0.15, 0.2) is 12.3 Å². The topological polar surface area (TPSA) is 134 Å². The molecule has 1 aromatic rings. The second-order valence-electron chi connectivity index (χ2n) is 3.19. The molecule has 1 heterocycles. The largest absolute Gasteiger partial charge is 0.478 e. The van der Waals surface area contributed by atoms with Crippen LogP contribution in [0.1, 0.15) is 22.0 Å². The van der Waals surface area contributed by atoms with Crippen molar-refractivity contribution in [3.63, 3.8) is 0 Å². The van der Waals surface area contributed by atoms with Crippen molar-refractivity contribution < 1.29 is 24.9 Å². The number of hydrogen-bond donors (Lipinski definition) is 4. The van der Waals surface area contributed by atoms with Crippen LogP contribution < -0.4 is 5.73 Å². The van der Waals surface area contributed by atoms with E-state index in [1.165, 1.54) is 0 Å². The number of carboxylic acid groups (broad SMARTS) is 1. The fourth-order valence-electron chi connectivity index (χ4n) is 1.19. The highest BCUT2D eigenvalue weighted by molar-refractivity contribution is 6.29. The van der Waals surface area contributed by atoms with E-state index in [0.717, 1.165) is 12.3 Å². The molecule has 0 aliphatic heterocycles. The Morgan fingerprint density at radius 2 is 2.00 bits per heavy atom. The molecule has 1 amide bonds. The number of aromatic carboxylic acids is 1. The highest BCUT2D eigenvalue weighted by Crippen LogP contribution is 2.22. The van der Waals surface area contributed by atoms with E-state index in [9.17, 15) is 19.8 Å². The lowest BCUT2D eigenvalue weighted by atomic mass is 10.0. The van der Waals surface area contributed by atoms with E-state index in [1.54, 1.807) is 0 Å². The molecule has 0 aliphatic carbocycles. The van der Waals surface area contributed by atoms with Gasteiger partial charge in [-0.3, -0.25) is 4.79 Å². The Morgan fingerprint density at radius 3 is 2.47 bits per heavy atom. The summed E-state index contributed by atoms with van der Waals surface area (Å²) in [6.45, 7) is 0. The number of carbonyl (C=O) groups excluding carboxylic acids is 1. The van der Waals surface area contributed by atoms with Crippen molar-refractivity contribution in [3.05, 3.63) is 28.5 Å². The third kappa shape index (κ3) is 2.90. The lowest BCUT2D eigenvalue weighted by Gasteiger charge is -2.16. The molecule has 0 spiro atoms. The van der Waals surface area contributed by atoms with Crippen LogP contribution in [0, 0.1) is 0 Å². The summed E-state index contributed by atoms with van der Waals surface area (Å²) >= 11 is 5.50. The number of pyridine rings is 1. The summed E-state index contributed by atoms with van der Waals surface area (Å²) < 4.78 is 0. The number of aromatic nitrogens is 1. The minimum atomic E-state index is -1.92. The van der Waals surface area contributed by atoms with Gasteiger partial charge in [-0.05, 0) is 6.07 Å². The Bertz CT molecular complexity index is 465. The number of rotatable bonds is 4. The molecule has 1 aromatic heterocycles. The molecule has 2 unspecified atom stereocenters. The van der Waals surface area contributed by atoms with E-state index in [1.807, 2.05) is 0 Å². The molecule has 0 aliphatic rings.